The minimum Gasteiger partial charge on any atom is -0.545 e. The molecule has 18 heteroatoms. The standard InChI is InChI=1S/2C17H30O4.2C11H10O4.4C4H9.2Sn/c2*1-2-3-4-5-6-7-8-9-10-11-12-13-15(17(20)21)14-16(18)19;2*12-10(13)7-9(11(14)15)6-8-4-2-1-3-5-8;4*1-3-4-2;;/h2*14H,2-13H2,1H3,(H,18,19)(H,20,21);2*1-5,7H,6H2,(H,12,13)(H,14,15);4*1,3-4H2,2H3;;/q;;;;;;;;2*+2/p-4/b2*15-14-;2*9-7-;;;;;;. The molecule has 0 saturated heterocycles. The van der Waals surface area contributed by atoms with Gasteiger partial charge in [0.05, 0.1) is 23.9 Å². The van der Waals surface area contributed by atoms with Gasteiger partial charge in [-0.05, 0) is 73.0 Å². The maximum Gasteiger partial charge on any atom is 0.0678 e. The van der Waals surface area contributed by atoms with Crippen LogP contribution in [-0.4, -0.2) is 110 Å². The van der Waals surface area contributed by atoms with Crippen molar-refractivity contribution >= 4 is 90.0 Å². The molecule has 0 aliphatic carbocycles. The van der Waals surface area contributed by atoms with Gasteiger partial charge in [0.1, 0.15) is 0 Å². The van der Waals surface area contributed by atoms with Crippen LogP contribution in [0.4, 0.5) is 0 Å². The van der Waals surface area contributed by atoms with Crippen LogP contribution in [0.3, 0.4) is 0 Å². The summed E-state index contributed by atoms with van der Waals surface area (Å²) < 4.78 is 6.50. The monoisotopic (exact) mass is 1470 g/mol. The van der Waals surface area contributed by atoms with Crippen molar-refractivity contribution in [3.8, 4) is 0 Å². The number of carbonyl (C=O) groups excluding carboxylic acids is 4. The fraction of sp³-hybridized carbons (Fsp3) is 0.611. The predicted molar refractivity (Wildman–Crippen MR) is 356 cm³/mol. The molecule has 2 rings (SSSR count). The number of rotatable bonds is 48. The van der Waals surface area contributed by atoms with Gasteiger partial charge in [-0.1, -0.05) is 203 Å². The molecule has 504 valence electrons. The van der Waals surface area contributed by atoms with Crippen molar-refractivity contribution in [2.75, 3.05) is 0 Å². The quantitative estimate of drug-likeness (QED) is 0.0272. The zero-order valence-corrected chi connectivity index (χ0v) is 61.3. The second-order valence-corrected chi connectivity index (χ2v) is 30.6. The molecule has 0 aromatic heterocycles. The van der Waals surface area contributed by atoms with E-state index >= 15 is 0 Å². The van der Waals surface area contributed by atoms with E-state index in [2.05, 4.69) is 41.5 Å². The zero-order chi connectivity index (χ0) is 68.3. The summed E-state index contributed by atoms with van der Waals surface area (Å²) in [6, 6.07) is 17.3. The Morgan fingerprint density at radius 3 is 0.756 bits per heavy atom. The summed E-state index contributed by atoms with van der Waals surface area (Å²) in [5.74, 6) is -10.7. The molecule has 0 radical (unpaired) electrons. The van der Waals surface area contributed by atoms with Gasteiger partial charge in [-0.25, -0.2) is 19.2 Å². The molecule has 0 saturated carbocycles. The Morgan fingerprint density at radius 1 is 0.322 bits per heavy atom. The third-order valence-electron chi connectivity index (χ3n) is 13.7. The van der Waals surface area contributed by atoms with Crippen LogP contribution >= 0.6 is 0 Å². The topological polar surface area (TPSA) is 310 Å². The molecular weight excluding hydrogens is 1360 g/mol. The molecule has 0 bridgehead atoms. The van der Waals surface area contributed by atoms with Crippen molar-refractivity contribution in [3.63, 3.8) is 0 Å². The number of hydrogen-bond acceptors (Lipinski definition) is 12. The number of carboxylic acids is 8. The van der Waals surface area contributed by atoms with Crippen molar-refractivity contribution in [2.45, 2.75) is 278 Å². The third-order valence-corrected chi connectivity index (χ3v) is 21.7. The largest absolute Gasteiger partial charge is 0.545 e. The van der Waals surface area contributed by atoms with Crippen molar-refractivity contribution in [3.05, 3.63) is 118 Å². The van der Waals surface area contributed by atoms with Gasteiger partial charge in [0, 0.05) is 23.3 Å². The SMILES string of the molecule is CCCCCCCCCCCCC/C(=C/C(=O)O)C(=O)O.CCCCCCCCCCCCC/C(=C/C(=O)O)C(=O)O.CCC[CH2][Sn+2][CH2]CCC.CCC[CH2][Sn+2][CH2]CCC.O=C([O-])/C=C(/Cc1ccccc1)C(=O)[O-].O=C([O-])/C=C(/Cc1ccccc1)C(=O)[O-]. The van der Waals surface area contributed by atoms with E-state index in [1.165, 1.54) is 154 Å². The molecular formula is C72H112O16Sn2. The Hall–Kier alpha value is -5.24. The van der Waals surface area contributed by atoms with E-state index in [9.17, 15) is 58.8 Å². The van der Waals surface area contributed by atoms with E-state index in [1.54, 1.807) is 78.4 Å². The predicted octanol–water partition coefficient (Wildman–Crippen LogP) is 13.1. The second kappa shape index (κ2) is 69.6. The molecule has 2 aromatic carbocycles. The summed E-state index contributed by atoms with van der Waals surface area (Å²) >= 11 is 0.299. The van der Waals surface area contributed by atoms with E-state index in [0.717, 1.165) is 50.7 Å². The van der Waals surface area contributed by atoms with Crippen LogP contribution in [-0.2, 0) is 51.2 Å². The number of hydrogen-bond donors (Lipinski definition) is 4. The summed E-state index contributed by atoms with van der Waals surface area (Å²) in [6.45, 7) is 13.6. The van der Waals surface area contributed by atoms with Gasteiger partial charge in [-0.15, -0.1) is 0 Å². The van der Waals surface area contributed by atoms with E-state index in [1.807, 2.05) is 0 Å². The van der Waals surface area contributed by atoms with Crippen LogP contribution in [0.1, 0.15) is 258 Å². The van der Waals surface area contributed by atoms with Gasteiger partial charge < -0.3 is 60.0 Å². The maximum absolute atomic E-state index is 10.8. The van der Waals surface area contributed by atoms with Gasteiger partial charge in [0.2, 0.25) is 0 Å². The fourth-order valence-electron chi connectivity index (χ4n) is 8.48. The molecule has 16 nitrogen and oxygen atoms in total. The summed E-state index contributed by atoms with van der Waals surface area (Å²) in [4.78, 5) is 84.2. The van der Waals surface area contributed by atoms with E-state index in [-0.39, 0.29) is 77.4 Å². The first kappa shape index (κ1) is 91.2. The minimum absolute atomic E-state index is 0.00146. The molecule has 0 aliphatic heterocycles. The molecule has 0 amide bonds. The molecule has 4 N–H and O–H groups in total. The summed E-state index contributed by atoms with van der Waals surface area (Å²) in [7, 11) is 0. The molecule has 90 heavy (non-hydrogen) atoms. The third kappa shape index (κ3) is 70.2. The maximum atomic E-state index is 10.8. The normalized spacial score (nSPS) is 10.9. The average Bonchev–Trinajstić information content (AvgIpc) is 3.63. The Morgan fingerprint density at radius 2 is 0.556 bits per heavy atom. The molecule has 2 aromatic rings. The van der Waals surface area contributed by atoms with Crippen LogP contribution < -0.4 is 20.4 Å². The summed E-state index contributed by atoms with van der Waals surface area (Å²) in [5.41, 5.74) is 0.794. The zero-order valence-electron chi connectivity index (χ0n) is 55.6. The molecule has 0 heterocycles. The first-order valence-electron chi connectivity index (χ1n) is 33.3. The van der Waals surface area contributed by atoms with Crippen LogP contribution in [0.2, 0.25) is 17.7 Å². The molecule has 0 aliphatic rings. The Kier molecular flexibility index (Phi) is 70.5. The number of carbonyl (C=O) groups is 8. The number of unbranched alkanes of at least 4 members (excludes halogenated alkanes) is 24. The van der Waals surface area contributed by atoms with E-state index in [4.69, 9.17) is 20.4 Å². The van der Waals surface area contributed by atoms with E-state index < -0.39 is 47.8 Å². The van der Waals surface area contributed by atoms with Crippen LogP contribution in [0.25, 0.3) is 0 Å². The first-order chi connectivity index (χ1) is 43.2. The smallest absolute Gasteiger partial charge is 0.0678 e. The number of benzene rings is 2. The fourth-order valence-corrected chi connectivity index (χ4v) is 16.8. The van der Waals surface area contributed by atoms with Crippen molar-refractivity contribution in [1.82, 2.24) is 0 Å². The molecule has 0 fully saturated rings. The summed E-state index contributed by atoms with van der Waals surface area (Å²) in [5, 5.41) is 76.4. The van der Waals surface area contributed by atoms with Gasteiger partial charge >= 0.3 is 163 Å². The minimum atomic E-state index is -1.54. The van der Waals surface area contributed by atoms with E-state index in [0.29, 0.717) is 36.1 Å². The first-order valence-corrected chi connectivity index (χ1v) is 41.3. The van der Waals surface area contributed by atoms with Crippen molar-refractivity contribution < 1.29 is 79.2 Å². The van der Waals surface area contributed by atoms with Gasteiger partial charge in [-0.3, -0.25) is 0 Å². The number of aliphatic carboxylic acids is 8. The molecule has 0 spiro atoms. The second-order valence-electron chi connectivity index (χ2n) is 22.0. The molecule has 0 atom stereocenters. The van der Waals surface area contributed by atoms with Gasteiger partial charge in [0.25, 0.3) is 0 Å². The molecule has 0 unspecified atom stereocenters. The van der Waals surface area contributed by atoms with Gasteiger partial charge in [0.15, 0.2) is 0 Å². The number of carboxylic acid groups (broad SMARTS) is 8. The summed E-state index contributed by atoms with van der Waals surface area (Å²) in [6.07, 6.45) is 41.5. The van der Waals surface area contributed by atoms with Crippen LogP contribution in [0, 0.1) is 0 Å². The van der Waals surface area contributed by atoms with Crippen molar-refractivity contribution in [2.24, 2.45) is 0 Å². The Bertz CT molecular complexity index is 2090. The Balaban J connectivity index is -0.000000506. The average molecular weight is 1470 g/mol. The van der Waals surface area contributed by atoms with Crippen LogP contribution in [0.15, 0.2) is 107 Å². The van der Waals surface area contributed by atoms with Gasteiger partial charge in [-0.2, -0.15) is 0 Å². The van der Waals surface area contributed by atoms with Crippen LogP contribution in [0.5, 0.6) is 0 Å². The Labute approximate surface area is 561 Å². The van der Waals surface area contributed by atoms with Crippen molar-refractivity contribution in [1.29, 1.82) is 0 Å².